The molecule has 0 bridgehead atoms. The van der Waals surface area contributed by atoms with Gasteiger partial charge in [-0.05, 0) is 36.9 Å². The topological polar surface area (TPSA) is 101 Å². The molecule has 0 saturated carbocycles. The highest BCUT2D eigenvalue weighted by Crippen LogP contribution is 2.12. The van der Waals surface area contributed by atoms with Crippen molar-refractivity contribution in [1.82, 2.24) is 4.90 Å². The van der Waals surface area contributed by atoms with Crippen LogP contribution in [0.1, 0.15) is 19.8 Å². The van der Waals surface area contributed by atoms with Gasteiger partial charge >= 0.3 is 5.97 Å². The van der Waals surface area contributed by atoms with E-state index in [1.54, 1.807) is 11.8 Å². The third-order valence-electron chi connectivity index (χ3n) is 2.72. The van der Waals surface area contributed by atoms with Crippen LogP contribution < -0.4 is 5.73 Å². The number of carbonyl (C=O) groups excluding carboxylic acids is 2. The lowest BCUT2D eigenvalue weighted by Gasteiger charge is -2.28. The van der Waals surface area contributed by atoms with Crippen LogP contribution in [-0.4, -0.2) is 63.9 Å². The molecule has 8 heteroatoms. The predicted octanol–water partition coefficient (Wildman–Crippen LogP) is 0.648. The van der Waals surface area contributed by atoms with Crippen LogP contribution >= 0.6 is 23.5 Å². The fourth-order valence-corrected chi connectivity index (χ4v) is 2.62. The van der Waals surface area contributed by atoms with E-state index >= 15 is 0 Å². The Morgan fingerprint density at radius 2 is 1.65 bits per heavy atom. The van der Waals surface area contributed by atoms with Crippen molar-refractivity contribution in [1.29, 1.82) is 0 Å². The first-order valence-electron chi connectivity index (χ1n) is 6.16. The number of carbonyl (C=O) groups is 3. The lowest BCUT2D eigenvalue weighted by Crippen LogP contribution is -2.53. The summed E-state index contributed by atoms with van der Waals surface area (Å²) in [5.41, 5.74) is 5.75. The largest absolute Gasteiger partial charge is 0.480 e. The van der Waals surface area contributed by atoms with Gasteiger partial charge in [-0.3, -0.25) is 14.5 Å². The molecule has 0 fully saturated rings. The summed E-state index contributed by atoms with van der Waals surface area (Å²) >= 11 is 3.00. The second kappa shape index (κ2) is 10.1. The zero-order valence-electron chi connectivity index (χ0n) is 12.0. The second-order valence-electron chi connectivity index (χ2n) is 4.25. The molecule has 3 N–H and O–H groups in total. The minimum Gasteiger partial charge on any atom is -0.480 e. The Bertz CT molecular complexity index is 352. The van der Waals surface area contributed by atoms with Crippen molar-refractivity contribution >= 4 is 41.3 Å². The molecular formula is C12H22N2O4S2. The Hall–Kier alpha value is -0.730. The molecule has 0 spiro atoms. The molecule has 2 amide bonds. The molecule has 6 nitrogen and oxygen atoms in total. The maximum atomic E-state index is 12.2. The number of imide groups is 1. The molecule has 0 aliphatic heterocycles. The van der Waals surface area contributed by atoms with E-state index in [1.807, 2.05) is 12.5 Å². The van der Waals surface area contributed by atoms with Gasteiger partial charge in [0.15, 0.2) is 0 Å². The molecule has 0 aromatic rings. The molecule has 116 valence electrons. The summed E-state index contributed by atoms with van der Waals surface area (Å²) in [5, 5.41) is 9.23. The number of nitrogens with zero attached hydrogens (tertiary/aromatic N) is 1. The van der Waals surface area contributed by atoms with Crippen molar-refractivity contribution in [2.24, 2.45) is 5.73 Å². The fraction of sp³-hybridized carbons (Fsp3) is 0.750. The normalized spacial score (nSPS) is 13.6. The number of carboxylic acids is 1. The highest BCUT2D eigenvalue weighted by Gasteiger charge is 2.34. The van der Waals surface area contributed by atoms with Crippen LogP contribution in [0.4, 0.5) is 0 Å². The molecule has 0 heterocycles. The number of hydrogen-bond donors (Lipinski definition) is 2. The third-order valence-corrected chi connectivity index (χ3v) is 4.01. The fourth-order valence-electron chi connectivity index (χ4n) is 1.67. The van der Waals surface area contributed by atoms with Gasteiger partial charge in [-0.2, -0.15) is 23.5 Å². The summed E-state index contributed by atoms with van der Waals surface area (Å²) in [4.78, 5) is 35.9. The van der Waals surface area contributed by atoms with Crippen LogP contribution in [0.2, 0.25) is 0 Å². The number of nitrogens with two attached hydrogens (primary N) is 1. The Morgan fingerprint density at radius 1 is 1.15 bits per heavy atom. The lowest BCUT2D eigenvalue weighted by molar-refractivity contribution is -0.157. The van der Waals surface area contributed by atoms with Gasteiger partial charge in [-0.25, -0.2) is 4.79 Å². The third kappa shape index (κ3) is 6.15. The van der Waals surface area contributed by atoms with Crippen LogP contribution in [0.15, 0.2) is 0 Å². The van der Waals surface area contributed by atoms with Gasteiger partial charge in [-0.15, -0.1) is 0 Å². The average Bonchev–Trinajstić information content (AvgIpc) is 2.39. The van der Waals surface area contributed by atoms with Gasteiger partial charge in [0.25, 0.3) is 0 Å². The van der Waals surface area contributed by atoms with Crippen LogP contribution in [0.3, 0.4) is 0 Å². The second-order valence-corrected chi connectivity index (χ2v) is 6.22. The zero-order chi connectivity index (χ0) is 15.7. The van der Waals surface area contributed by atoms with E-state index in [0.717, 1.165) is 4.90 Å². The quantitative estimate of drug-likeness (QED) is 0.642. The standard InChI is InChI=1S/C12H22N2O4S2/c1-8(15)14(10(12(17)18)5-7-20-3)11(16)9(13)4-6-19-2/h9-10H,4-7,13H2,1-3H3,(H,17,18). The molecule has 2 unspecified atom stereocenters. The van der Waals surface area contributed by atoms with Crippen molar-refractivity contribution in [3.63, 3.8) is 0 Å². The van der Waals surface area contributed by atoms with Gasteiger partial charge in [0, 0.05) is 6.92 Å². The molecule has 0 radical (unpaired) electrons. The van der Waals surface area contributed by atoms with E-state index in [9.17, 15) is 19.5 Å². The maximum absolute atomic E-state index is 12.2. The first-order chi connectivity index (χ1) is 9.36. The van der Waals surface area contributed by atoms with Gasteiger partial charge in [-0.1, -0.05) is 0 Å². The molecular weight excluding hydrogens is 300 g/mol. The Balaban J connectivity index is 5.03. The minimum absolute atomic E-state index is 0.219. The SMILES string of the molecule is CSCCC(N)C(=O)N(C(C)=O)C(CCSC)C(=O)O. The smallest absolute Gasteiger partial charge is 0.326 e. The zero-order valence-corrected chi connectivity index (χ0v) is 13.6. The van der Waals surface area contributed by atoms with E-state index < -0.39 is 29.9 Å². The number of rotatable bonds is 9. The van der Waals surface area contributed by atoms with Crippen molar-refractivity contribution in [3.05, 3.63) is 0 Å². The Morgan fingerprint density at radius 3 is 2.05 bits per heavy atom. The van der Waals surface area contributed by atoms with Gasteiger partial charge in [0.1, 0.15) is 6.04 Å². The first kappa shape index (κ1) is 19.3. The van der Waals surface area contributed by atoms with E-state index in [4.69, 9.17) is 5.73 Å². The molecule has 2 atom stereocenters. The van der Waals surface area contributed by atoms with Crippen LogP contribution in [0, 0.1) is 0 Å². The predicted molar refractivity (Wildman–Crippen MR) is 82.9 cm³/mol. The molecule has 0 aliphatic rings. The molecule has 0 saturated heterocycles. The number of aliphatic carboxylic acids is 1. The monoisotopic (exact) mass is 322 g/mol. The summed E-state index contributed by atoms with van der Waals surface area (Å²) in [6.45, 7) is 1.19. The van der Waals surface area contributed by atoms with Gasteiger partial charge in [0.05, 0.1) is 6.04 Å². The van der Waals surface area contributed by atoms with Crippen LogP contribution in [0.25, 0.3) is 0 Å². The molecule has 0 aromatic heterocycles. The number of thioether (sulfide) groups is 2. The van der Waals surface area contributed by atoms with Gasteiger partial charge in [0.2, 0.25) is 11.8 Å². The average molecular weight is 322 g/mol. The first-order valence-corrected chi connectivity index (χ1v) is 8.95. The molecule has 20 heavy (non-hydrogen) atoms. The summed E-state index contributed by atoms with van der Waals surface area (Å²) in [6.07, 6.45) is 4.36. The number of carboxylic acid groups (broad SMARTS) is 1. The van der Waals surface area contributed by atoms with E-state index in [1.165, 1.54) is 18.7 Å². The van der Waals surface area contributed by atoms with E-state index in [0.29, 0.717) is 17.9 Å². The van der Waals surface area contributed by atoms with Crippen LogP contribution in [-0.2, 0) is 14.4 Å². The molecule has 0 aliphatic carbocycles. The van der Waals surface area contributed by atoms with E-state index in [-0.39, 0.29) is 6.42 Å². The summed E-state index contributed by atoms with van der Waals surface area (Å²) in [5.74, 6) is -1.14. The highest BCUT2D eigenvalue weighted by atomic mass is 32.2. The highest BCUT2D eigenvalue weighted by molar-refractivity contribution is 7.98. The van der Waals surface area contributed by atoms with Crippen molar-refractivity contribution in [2.75, 3.05) is 24.0 Å². The minimum atomic E-state index is -1.18. The van der Waals surface area contributed by atoms with Crippen molar-refractivity contribution in [2.45, 2.75) is 31.8 Å². The number of amides is 2. The molecule has 0 rings (SSSR count). The summed E-state index contributed by atoms with van der Waals surface area (Å²) in [6, 6.07) is -1.99. The molecule has 0 aromatic carbocycles. The summed E-state index contributed by atoms with van der Waals surface area (Å²) < 4.78 is 0. The van der Waals surface area contributed by atoms with E-state index in [2.05, 4.69) is 0 Å². The van der Waals surface area contributed by atoms with Crippen molar-refractivity contribution in [3.8, 4) is 0 Å². The Labute approximate surface area is 127 Å². The van der Waals surface area contributed by atoms with Gasteiger partial charge < -0.3 is 10.8 Å². The maximum Gasteiger partial charge on any atom is 0.326 e. The van der Waals surface area contributed by atoms with Crippen molar-refractivity contribution < 1.29 is 19.5 Å². The van der Waals surface area contributed by atoms with Crippen LogP contribution in [0.5, 0.6) is 0 Å². The summed E-state index contributed by atoms with van der Waals surface area (Å²) in [7, 11) is 0. The Kier molecular flexibility index (Phi) is 9.70. The lowest BCUT2D eigenvalue weighted by atomic mass is 10.1. The number of hydrogen-bond acceptors (Lipinski definition) is 6.